The van der Waals surface area contributed by atoms with Crippen LogP contribution in [0.2, 0.25) is 0 Å². The lowest BCUT2D eigenvalue weighted by molar-refractivity contribution is 0.0945. The van der Waals surface area contributed by atoms with Gasteiger partial charge in [0.1, 0.15) is 11.3 Å². The smallest absolute Gasteiger partial charge is 0.269 e. The number of carbonyl (C=O) groups is 1. The standard InChI is InChI=1S/C15H17N5O/c1-19-10-11(12-4-3-7-16-14(12)19)5-8-17-15(21)13-6-9-18-20(13)2/h3-4,6-7,9-10H,5,8H2,1-2H3,(H,17,21). The van der Waals surface area contributed by atoms with E-state index >= 15 is 0 Å². The third-order valence-electron chi connectivity index (χ3n) is 3.55. The summed E-state index contributed by atoms with van der Waals surface area (Å²) >= 11 is 0. The molecule has 0 aromatic carbocycles. The van der Waals surface area contributed by atoms with Gasteiger partial charge < -0.3 is 9.88 Å². The Bertz CT molecular complexity index is 786. The van der Waals surface area contributed by atoms with Gasteiger partial charge in [-0.2, -0.15) is 5.10 Å². The van der Waals surface area contributed by atoms with Gasteiger partial charge in [-0.1, -0.05) is 0 Å². The summed E-state index contributed by atoms with van der Waals surface area (Å²) in [6.45, 7) is 0.581. The van der Waals surface area contributed by atoms with Crippen LogP contribution >= 0.6 is 0 Å². The fraction of sp³-hybridized carbons (Fsp3) is 0.267. The minimum absolute atomic E-state index is 0.103. The van der Waals surface area contributed by atoms with Crippen LogP contribution in [0.1, 0.15) is 16.1 Å². The SMILES string of the molecule is Cn1nccc1C(=O)NCCc1cn(C)c2ncccc12. The molecule has 1 N–H and O–H groups in total. The van der Waals surface area contributed by atoms with Crippen LogP contribution in [-0.2, 0) is 20.5 Å². The molecule has 0 aliphatic heterocycles. The van der Waals surface area contributed by atoms with Gasteiger partial charge in [0, 0.05) is 44.6 Å². The molecule has 0 unspecified atom stereocenters. The van der Waals surface area contributed by atoms with Crippen molar-refractivity contribution in [1.82, 2.24) is 24.6 Å². The van der Waals surface area contributed by atoms with Gasteiger partial charge in [0.2, 0.25) is 0 Å². The van der Waals surface area contributed by atoms with Gasteiger partial charge in [-0.3, -0.25) is 9.48 Å². The van der Waals surface area contributed by atoms with Crippen molar-refractivity contribution in [3.05, 3.63) is 48.0 Å². The Balaban J connectivity index is 1.67. The van der Waals surface area contributed by atoms with Crippen molar-refractivity contribution in [2.24, 2.45) is 14.1 Å². The van der Waals surface area contributed by atoms with E-state index in [9.17, 15) is 4.79 Å². The van der Waals surface area contributed by atoms with Crippen LogP contribution in [0.3, 0.4) is 0 Å². The normalized spacial score (nSPS) is 11.0. The highest BCUT2D eigenvalue weighted by molar-refractivity contribution is 5.92. The van der Waals surface area contributed by atoms with Crippen LogP contribution in [-0.4, -0.2) is 31.8 Å². The minimum atomic E-state index is -0.103. The van der Waals surface area contributed by atoms with E-state index in [0.717, 1.165) is 17.5 Å². The fourth-order valence-corrected chi connectivity index (χ4v) is 2.49. The molecule has 3 aromatic rings. The highest BCUT2D eigenvalue weighted by Crippen LogP contribution is 2.18. The average Bonchev–Trinajstić information content (AvgIpc) is 3.04. The Morgan fingerprint density at radius 3 is 2.90 bits per heavy atom. The highest BCUT2D eigenvalue weighted by Gasteiger charge is 2.10. The number of aryl methyl sites for hydroxylation is 2. The summed E-state index contributed by atoms with van der Waals surface area (Å²) < 4.78 is 3.57. The maximum absolute atomic E-state index is 12.0. The van der Waals surface area contributed by atoms with E-state index in [4.69, 9.17) is 0 Å². The number of hydrogen-bond acceptors (Lipinski definition) is 3. The monoisotopic (exact) mass is 283 g/mol. The Morgan fingerprint density at radius 1 is 1.29 bits per heavy atom. The zero-order valence-corrected chi connectivity index (χ0v) is 12.1. The number of aromatic nitrogens is 4. The number of rotatable bonds is 4. The summed E-state index contributed by atoms with van der Waals surface area (Å²) in [5.74, 6) is -0.103. The van der Waals surface area contributed by atoms with Crippen molar-refractivity contribution >= 4 is 16.9 Å². The molecule has 0 spiro atoms. The third-order valence-corrected chi connectivity index (χ3v) is 3.55. The maximum atomic E-state index is 12.0. The van der Waals surface area contributed by atoms with Gasteiger partial charge >= 0.3 is 0 Å². The molecular weight excluding hydrogens is 266 g/mol. The van der Waals surface area contributed by atoms with Crippen molar-refractivity contribution in [2.75, 3.05) is 6.54 Å². The van der Waals surface area contributed by atoms with Crippen molar-refractivity contribution in [2.45, 2.75) is 6.42 Å². The molecule has 6 heteroatoms. The topological polar surface area (TPSA) is 64.7 Å². The molecule has 0 saturated heterocycles. The number of nitrogens with zero attached hydrogens (tertiary/aromatic N) is 4. The summed E-state index contributed by atoms with van der Waals surface area (Å²) in [6, 6.07) is 5.69. The van der Waals surface area contributed by atoms with Crippen molar-refractivity contribution in [3.63, 3.8) is 0 Å². The van der Waals surface area contributed by atoms with Gasteiger partial charge in [0.05, 0.1) is 0 Å². The minimum Gasteiger partial charge on any atom is -0.350 e. The number of pyridine rings is 1. The van der Waals surface area contributed by atoms with E-state index < -0.39 is 0 Å². The molecule has 0 aliphatic carbocycles. The van der Waals surface area contributed by atoms with E-state index in [2.05, 4.69) is 27.7 Å². The van der Waals surface area contributed by atoms with E-state index in [1.807, 2.05) is 17.7 Å². The lowest BCUT2D eigenvalue weighted by atomic mass is 10.1. The number of carbonyl (C=O) groups excluding carboxylic acids is 1. The Hall–Kier alpha value is -2.63. The Labute approximate surface area is 122 Å². The molecular formula is C15H17N5O. The molecule has 3 aromatic heterocycles. The third kappa shape index (κ3) is 2.52. The van der Waals surface area contributed by atoms with Crippen molar-refractivity contribution in [1.29, 1.82) is 0 Å². The highest BCUT2D eigenvalue weighted by atomic mass is 16.2. The van der Waals surface area contributed by atoms with Gasteiger partial charge in [0.25, 0.3) is 5.91 Å². The second-order valence-corrected chi connectivity index (χ2v) is 4.99. The van der Waals surface area contributed by atoms with E-state index in [1.54, 1.807) is 30.2 Å². The van der Waals surface area contributed by atoms with Crippen LogP contribution in [0, 0.1) is 0 Å². The van der Waals surface area contributed by atoms with Crippen molar-refractivity contribution < 1.29 is 4.79 Å². The summed E-state index contributed by atoms with van der Waals surface area (Å²) in [5.41, 5.74) is 2.71. The van der Waals surface area contributed by atoms with E-state index in [-0.39, 0.29) is 5.91 Å². The fourth-order valence-electron chi connectivity index (χ4n) is 2.49. The number of amides is 1. The molecule has 0 fully saturated rings. The molecule has 0 bridgehead atoms. The van der Waals surface area contributed by atoms with Crippen molar-refractivity contribution in [3.8, 4) is 0 Å². The van der Waals surface area contributed by atoms with Crippen LogP contribution in [0.4, 0.5) is 0 Å². The zero-order valence-electron chi connectivity index (χ0n) is 12.1. The first-order valence-electron chi connectivity index (χ1n) is 6.82. The lowest BCUT2D eigenvalue weighted by Crippen LogP contribution is -2.27. The van der Waals surface area contributed by atoms with Crippen LogP contribution in [0.15, 0.2) is 36.8 Å². The van der Waals surface area contributed by atoms with Crippen LogP contribution in [0.5, 0.6) is 0 Å². The molecule has 0 saturated carbocycles. The predicted molar refractivity (Wildman–Crippen MR) is 80.0 cm³/mol. The lowest BCUT2D eigenvalue weighted by Gasteiger charge is -2.04. The van der Waals surface area contributed by atoms with Gasteiger partial charge in [0.15, 0.2) is 0 Å². The van der Waals surface area contributed by atoms with E-state index in [0.29, 0.717) is 12.2 Å². The first-order chi connectivity index (χ1) is 10.2. The summed E-state index contributed by atoms with van der Waals surface area (Å²) in [4.78, 5) is 16.4. The molecule has 21 heavy (non-hydrogen) atoms. The average molecular weight is 283 g/mol. The molecule has 1 amide bonds. The molecule has 0 atom stereocenters. The predicted octanol–water partition coefficient (Wildman–Crippen LogP) is 1.28. The molecule has 108 valence electrons. The number of fused-ring (bicyclic) bond motifs is 1. The zero-order chi connectivity index (χ0) is 14.8. The Kier molecular flexibility index (Phi) is 3.43. The van der Waals surface area contributed by atoms with Gasteiger partial charge in [-0.15, -0.1) is 0 Å². The summed E-state index contributed by atoms with van der Waals surface area (Å²) in [7, 11) is 3.73. The van der Waals surface area contributed by atoms with Gasteiger partial charge in [-0.05, 0) is 30.2 Å². The van der Waals surface area contributed by atoms with E-state index in [1.165, 1.54) is 5.56 Å². The quantitative estimate of drug-likeness (QED) is 0.784. The van der Waals surface area contributed by atoms with Crippen LogP contribution < -0.4 is 5.32 Å². The first kappa shape index (κ1) is 13.4. The molecule has 3 rings (SSSR count). The second kappa shape index (κ2) is 5.40. The van der Waals surface area contributed by atoms with Crippen LogP contribution in [0.25, 0.3) is 11.0 Å². The largest absolute Gasteiger partial charge is 0.350 e. The molecule has 0 aliphatic rings. The number of nitrogens with one attached hydrogen (secondary N) is 1. The first-order valence-corrected chi connectivity index (χ1v) is 6.82. The summed E-state index contributed by atoms with van der Waals surface area (Å²) in [5, 5.41) is 8.05. The second-order valence-electron chi connectivity index (χ2n) is 4.99. The Morgan fingerprint density at radius 2 is 2.14 bits per heavy atom. The molecule has 6 nitrogen and oxygen atoms in total. The molecule has 3 heterocycles. The summed E-state index contributed by atoms with van der Waals surface area (Å²) in [6.07, 6.45) is 6.24. The molecule has 0 radical (unpaired) electrons. The van der Waals surface area contributed by atoms with Gasteiger partial charge in [-0.25, -0.2) is 4.98 Å². The maximum Gasteiger partial charge on any atom is 0.269 e. The number of hydrogen-bond donors (Lipinski definition) is 1.